The lowest BCUT2D eigenvalue weighted by atomic mass is 9.77. The Balaban J connectivity index is 1.49. The van der Waals surface area contributed by atoms with E-state index in [9.17, 15) is 0 Å². The fourth-order valence-electron chi connectivity index (χ4n) is 3.44. The van der Waals surface area contributed by atoms with Crippen LogP contribution in [0.3, 0.4) is 0 Å². The van der Waals surface area contributed by atoms with Crippen LogP contribution >= 0.6 is 0 Å². The highest BCUT2D eigenvalue weighted by Gasteiger charge is 2.29. The van der Waals surface area contributed by atoms with Crippen LogP contribution in [0.5, 0.6) is 0 Å². The van der Waals surface area contributed by atoms with Crippen molar-refractivity contribution in [3.8, 4) is 0 Å². The molecule has 0 saturated carbocycles. The van der Waals surface area contributed by atoms with Crippen LogP contribution in [0.2, 0.25) is 0 Å². The Labute approximate surface area is 126 Å². The molecule has 0 amide bonds. The molecule has 1 heterocycles. The highest BCUT2D eigenvalue weighted by atomic mass is 16.4. The minimum Gasteiger partial charge on any atom is -0.409 e. The first kappa shape index (κ1) is 14.4. The van der Waals surface area contributed by atoms with Gasteiger partial charge in [0.1, 0.15) is 0 Å². The number of hydrogen-bond donors (Lipinski definition) is 2. The molecule has 5 nitrogen and oxygen atoms in total. The standard InChI is InChI=1S/C16H24N4O/c1-12(16(17)18-21)20-8-6-19(7-9-20)11-14-10-13-4-2-3-5-15(13)14/h2-5,12,14,21H,6-11H2,1H3,(H2,17,18). The predicted molar refractivity (Wildman–Crippen MR) is 83.8 cm³/mol. The zero-order valence-corrected chi connectivity index (χ0v) is 12.6. The number of oxime groups is 1. The van der Waals surface area contributed by atoms with Crippen LogP contribution in [0.15, 0.2) is 29.4 Å². The summed E-state index contributed by atoms with van der Waals surface area (Å²) in [6, 6.07) is 8.79. The van der Waals surface area contributed by atoms with Crippen LogP contribution in [-0.4, -0.2) is 59.6 Å². The van der Waals surface area contributed by atoms with Crippen LogP contribution < -0.4 is 5.73 Å². The average molecular weight is 288 g/mol. The zero-order chi connectivity index (χ0) is 14.8. The van der Waals surface area contributed by atoms with Crippen molar-refractivity contribution in [1.82, 2.24) is 9.80 Å². The average Bonchev–Trinajstić information content (AvgIpc) is 2.52. The number of nitrogens with zero attached hydrogens (tertiary/aromatic N) is 3. The molecule has 1 aromatic carbocycles. The molecule has 1 fully saturated rings. The maximum Gasteiger partial charge on any atom is 0.156 e. The summed E-state index contributed by atoms with van der Waals surface area (Å²) >= 11 is 0. The number of amidine groups is 1. The summed E-state index contributed by atoms with van der Waals surface area (Å²) in [6.07, 6.45) is 1.22. The summed E-state index contributed by atoms with van der Waals surface area (Å²) < 4.78 is 0. The van der Waals surface area contributed by atoms with Crippen LogP contribution in [0.1, 0.15) is 24.0 Å². The number of rotatable bonds is 4. The number of hydrogen-bond acceptors (Lipinski definition) is 4. The van der Waals surface area contributed by atoms with Gasteiger partial charge in [-0.3, -0.25) is 4.90 Å². The summed E-state index contributed by atoms with van der Waals surface area (Å²) in [7, 11) is 0. The van der Waals surface area contributed by atoms with Crippen molar-refractivity contribution >= 4 is 5.84 Å². The van der Waals surface area contributed by atoms with E-state index in [1.165, 1.54) is 17.5 Å². The molecule has 21 heavy (non-hydrogen) atoms. The van der Waals surface area contributed by atoms with Crippen molar-refractivity contribution in [3.05, 3.63) is 35.4 Å². The molecule has 0 radical (unpaired) electrons. The number of piperazine rings is 1. The summed E-state index contributed by atoms with van der Waals surface area (Å²) in [5.41, 5.74) is 8.74. The number of nitrogens with two attached hydrogens (primary N) is 1. The van der Waals surface area contributed by atoms with Gasteiger partial charge in [-0.25, -0.2) is 0 Å². The van der Waals surface area contributed by atoms with Gasteiger partial charge < -0.3 is 15.8 Å². The minimum absolute atomic E-state index is 0.0154. The van der Waals surface area contributed by atoms with Crippen LogP contribution in [-0.2, 0) is 6.42 Å². The molecule has 2 unspecified atom stereocenters. The smallest absolute Gasteiger partial charge is 0.156 e. The lowest BCUT2D eigenvalue weighted by molar-refractivity contribution is 0.113. The van der Waals surface area contributed by atoms with Crippen molar-refractivity contribution in [2.75, 3.05) is 32.7 Å². The summed E-state index contributed by atoms with van der Waals surface area (Å²) in [5.74, 6) is 1.01. The molecular formula is C16H24N4O. The number of benzene rings is 1. The molecule has 1 aliphatic heterocycles. The summed E-state index contributed by atoms with van der Waals surface area (Å²) in [6.45, 7) is 7.22. The molecule has 2 atom stereocenters. The second-order valence-electron chi connectivity index (χ2n) is 6.14. The van der Waals surface area contributed by atoms with Gasteiger partial charge in [-0.05, 0) is 24.5 Å². The quantitative estimate of drug-likeness (QED) is 0.377. The van der Waals surface area contributed by atoms with Gasteiger partial charge in [-0.15, -0.1) is 0 Å². The van der Waals surface area contributed by atoms with E-state index in [0.29, 0.717) is 11.8 Å². The molecule has 1 saturated heterocycles. The van der Waals surface area contributed by atoms with Crippen molar-refractivity contribution in [1.29, 1.82) is 0 Å². The molecule has 114 valence electrons. The molecule has 5 heteroatoms. The van der Waals surface area contributed by atoms with E-state index in [1.807, 2.05) is 6.92 Å². The molecule has 0 bridgehead atoms. The maximum absolute atomic E-state index is 8.77. The summed E-state index contributed by atoms with van der Waals surface area (Å²) in [4.78, 5) is 4.82. The van der Waals surface area contributed by atoms with E-state index in [1.54, 1.807) is 0 Å². The molecule has 1 aliphatic carbocycles. The normalized spacial score (nSPS) is 25.2. The van der Waals surface area contributed by atoms with Crippen molar-refractivity contribution in [2.45, 2.75) is 25.3 Å². The van der Waals surface area contributed by atoms with Crippen LogP contribution in [0.25, 0.3) is 0 Å². The monoisotopic (exact) mass is 288 g/mol. The Hall–Kier alpha value is -1.59. The third-order valence-corrected chi connectivity index (χ3v) is 4.94. The lowest BCUT2D eigenvalue weighted by Crippen LogP contribution is -2.54. The first-order valence-electron chi connectivity index (χ1n) is 7.70. The Morgan fingerprint density at radius 1 is 1.33 bits per heavy atom. The molecule has 1 aromatic rings. The van der Waals surface area contributed by atoms with Gasteiger partial charge >= 0.3 is 0 Å². The Morgan fingerprint density at radius 3 is 2.71 bits per heavy atom. The van der Waals surface area contributed by atoms with Crippen molar-refractivity contribution in [3.63, 3.8) is 0 Å². The Bertz CT molecular complexity index is 523. The van der Waals surface area contributed by atoms with Crippen molar-refractivity contribution < 1.29 is 5.21 Å². The zero-order valence-electron chi connectivity index (χ0n) is 12.6. The van der Waals surface area contributed by atoms with E-state index >= 15 is 0 Å². The van der Waals surface area contributed by atoms with Gasteiger partial charge in [0.25, 0.3) is 0 Å². The molecule has 3 rings (SSSR count). The van der Waals surface area contributed by atoms with Gasteiger partial charge in [0.15, 0.2) is 5.84 Å². The molecule has 0 spiro atoms. The van der Waals surface area contributed by atoms with Crippen LogP contribution in [0, 0.1) is 0 Å². The van der Waals surface area contributed by atoms with Crippen molar-refractivity contribution in [2.24, 2.45) is 10.9 Å². The van der Waals surface area contributed by atoms with E-state index in [0.717, 1.165) is 32.7 Å². The lowest BCUT2D eigenvalue weighted by Gasteiger charge is -2.41. The van der Waals surface area contributed by atoms with E-state index in [4.69, 9.17) is 10.9 Å². The predicted octanol–water partition coefficient (Wildman–Crippen LogP) is 1.08. The summed E-state index contributed by atoms with van der Waals surface area (Å²) in [5, 5.41) is 11.9. The maximum atomic E-state index is 8.77. The molecule has 0 aromatic heterocycles. The van der Waals surface area contributed by atoms with Crippen LogP contribution in [0.4, 0.5) is 0 Å². The fourth-order valence-corrected chi connectivity index (χ4v) is 3.44. The van der Waals surface area contributed by atoms with Gasteiger partial charge in [-0.1, -0.05) is 29.4 Å². The third kappa shape index (κ3) is 2.89. The highest BCUT2D eigenvalue weighted by Crippen LogP contribution is 2.35. The molecule has 3 N–H and O–H groups in total. The van der Waals surface area contributed by atoms with Gasteiger partial charge in [-0.2, -0.15) is 0 Å². The van der Waals surface area contributed by atoms with Gasteiger partial charge in [0.05, 0.1) is 6.04 Å². The fraction of sp³-hybridized carbons (Fsp3) is 0.562. The number of fused-ring (bicyclic) bond motifs is 1. The SMILES string of the molecule is CC(C(N)=NO)N1CCN(CC2Cc3ccccc32)CC1. The second-order valence-corrected chi connectivity index (χ2v) is 6.14. The first-order valence-corrected chi connectivity index (χ1v) is 7.70. The molecule has 2 aliphatic rings. The Morgan fingerprint density at radius 2 is 2.05 bits per heavy atom. The molecular weight excluding hydrogens is 264 g/mol. The van der Waals surface area contributed by atoms with E-state index in [2.05, 4.69) is 39.2 Å². The van der Waals surface area contributed by atoms with E-state index < -0.39 is 0 Å². The van der Waals surface area contributed by atoms with Gasteiger partial charge in [0.2, 0.25) is 0 Å². The van der Waals surface area contributed by atoms with E-state index in [-0.39, 0.29) is 6.04 Å². The largest absolute Gasteiger partial charge is 0.409 e. The minimum atomic E-state index is 0.0154. The second kappa shape index (κ2) is 6.03. The third-order valence-electron chi connectivity index (χ3n) is 4.94. The Kier molecular flexibility index (Phi) is 4.12. The topological polar surface area (TPSA) is 65.1 Å². The van der Waals surface area contributed by atoms with Gasteiger partial charge in [0, 0.05) is 38.6 Å². The first-order chi connectivity index (χ1) is 10.2. The highest BCUT2D eigenvalue weighted by molar-refractivity contribution is 5.84.